The number of fused-ring (bicyclic) bond motifs is 1. The lowest BCUT2D eigenvalue weighted by atomic mass is 10.3. The van der Waals surface area contributed by atoms with E-state index in [0.29, 0.717) is 17.2 Å². The maximum Gasteiger partial charge on any atom is 0.316 e. The number of benzene rings is 1. The summed E-state index contributed by atoms with van der Waals surface area (Å²) < 4.78 is 29.4. The van der Waals surface area contributed by atoms with Gasteiger partial charge in [0.2, 0.25) is 18.6 Å². The SMILES string of the molecule is NC(=O)Nc1ccc(Oc2ccc3c(c2)OCO3)nc1F. The number of hydrogen-bond donors (Lipinski definition) is 2. The third-order valence-electron chi connectivity index (χ3n) is 2.65. The van der Waals surface area contributed by atoms with Crippen LogP contribution >= 0.6 is 0 Å². The highest BCUT2D eigenvalue weighted by Gasteiger charge is 2.15. The Hall–Kier alpha value is -3.03. The van der Waals surface area contributed by atoms with Gasteiger partial charge in [-0.2, -0.15) is 9.37 Å². The maximum atomic E-state index is 13.6. The second-order valence-corrected chi connectivity index (χ2v) is 4.09. The minimum atomic E-state index is -0.896. The molecular formula is C13H10FN3O4. The summed E-state index contributed by atoms with van der Waals surface area (Å²) in [6, 6.07) is 6.76. The van der Waals surface area contributed by atoms with Crippen LogP contribution in [0.3, 0.4) is 0 Å². The van der Waals surface area contributed by atoms with Crippen LogP contribution < -0.4 is 25.3 Å². The average molecular weight is 291 g/mol. The predicted octanol–water partition coefficient (Wildman–Crippen LogP) is 2.23. The van der Waals surface area contributed by atoms with E-state index in [2.05, 4.69) is 10.3 Å². The first-order chi connectivity index (χ1) is 10.1. The van der Waals surface area contributed by atoms with Crippen LogP contribution in [0.25, 0.3) is 0 Å². The molecule has 0 atom stereocenters. The third-order valence-corrected chi connectivity index (χ3v) is 2.65. The first-order valence-electron chi connectivity index (χ1n) is 5.92. The molecule has 0 bridgehead atoms. The first-order valence-corrected chi connectivity index (χ1v) is 5.92. The van der Waals surface area contributed by atoms with Crippen LogP contribution in [-0.2, 0) is 0 Å². The normalized spacial score (nSPS) is 12.0. The van der Waals surface area contributed by atoms with Gasteiger partial charge in [-0.3, -0.25) is 0 Å². The smallest absolute Gasteiger partial charge is 0.316 e. The Morgan fingerprint density at radius 3 is 2.86 bits per heavy atom. The van der Waals surface area contributed by atoms with E-state index < -0.39 is 12.0 Å². The molecule has 0 spiro atoms. The minimum Gasteiger partial charge on any atom is -0.454 e. The molecule has 2 aromatic rings. The van der Waals surface area contributed by atoms with E-state index in [0.717, 1.165) is 0 Å². The number of aromatic nitrogens is 1. The summed E-state index contributed by atoms with van der Waals surface area (Å²) in [5.41, 5.74) is 4.78. The van der Waals surface area contributed by atoms with Crippen molar-refractivity contribution in [3.05, 3.63) is 36.3 Å². The van der Waals surface area contributed by atoms with Crippen molar-refractivity contribution in [1.82, 2.24) is 4.98 Å². The van der Waals surface area contributed by atoms with Crippen molar-refractivity contribution < 1.29 is 23.4 Å². The summed E-state index contributed by atoms with van der Waals surface area (Å²) in [6.07, 6.45) is 0. The number of rotatable bonds is 3. The van der Waals surface area contributed by atoms with Gasteiger partial charge < -0.3 is 25.3 Å². The fourth-order valence-electron chi connectivity index (χ4n) is 1.76. The molecular weight excluding hydrogens is 281 g/mol. The van der Waals surface area contributed by atoms with Gasteiger partial charge in [-0.1, -0.05) is 0 Å². The average Bonchev–Trinajstić information content (AvgIpc) is 2.89. The third kappa shape index (κ3) is 2.78. The van der Waals surface area contributed by atoms with E-state index in [-0.39, 0.29) is 18.4 Å². The number of carbonyl (C=O) groups is 1. The molecule has 21 heavy (non-hydrogen) atoms. The number of amides is 2. The number of primary amides is 1. The van der Waals surface area contributed by atoms with Gasteiger partial charge in [-0.15, -0.1) is 0 Å². The summed E-state index contributed by atoms with van der Waals surface area (Å²) in [5, 5.41) is 2.11. The minimum absolute atomic E-state index is 0.0291. The van der Waals surface area contributed by atoms with Crippen molar-refractivity contribution in [2.75, 3.05) is 12.1 Å². The van der Waals surface area contributed by atoms with E-state index >= 15 is 0 Å². The van der Waals surface area contributed by atoms with Gasteiger partial charge in [0, 0.05) is 12.1 Å². The summed E-state index contributed by atoms with van der Waals surface area (Å²) >= 11 is 0. The first kappa shape index (κ1) is 13.0. The number of nitrogens with one attached hydrogen (secondary N) is 1. The molecule has 8 heteroatoms. The van der Waals surface area contributed by atoms with Crippen LogP contribution in [0.15, 0.2) is 30.3 Å². The topological polar surface area (TPSA) is 95.7 Å². The Bertz CT molecular complexity index is 708. The van der Waals surface area contributed by atoms with Gasteiger partial charge in [0.25, 0.3) is 0 Å². The Kier molecular flexibility index (Phi) is 3.19. The zero-order valence-corrected chi connectivity index (χ0v) is 10.6. The number of halogens is 1. The Balaban J connectivity index is 1.79. The molecule has 0 unspecified atom stereocenters. The lowest BCUT2D eigenvalue weighted by molar-refractivity contribution is 0.174. The second-order valence-electron chi connectivity index (χ2n) is 4.09. The standard InChI is InChI=1S/C13H10FN3O4/c14-12-8(16-13(15)18)2-4-11(17-12)21-7-1-3-9-10(5-7)20-6-19-9/h1-5H,6H2,(H3,15,16,18). The van der Waals surface area contributed by atoms with Crippen LogP contribution in [0.1, 0.15) is 0 Å². The lowest BCUT2D eigenvalue weighted by Crippen LogP contribution is -2.20. The molecule has 1 aromatic carbocycles. The maximum absolute atomic E-state index is 13.6. The van der Waals surface area contributed by atoms with Crippen molar-refractivity contribution in [2.24, 2.45) is 5.73 Å². The Morgan fingerprint density at radius 2 is 2.10 bits per heavy atom. The van der Waals surface area contributed by atoms with Gasteiger partial charge in [-0.25, -0.2) is 4.79 Å². The molecule has 1 aromatic heterocycles. The fraction of sp³-hybridized carbons (Fsp3) is 0.0769. The van der Waals surface area contributed by atoms with Gasteiger partial charge in [0.1, 0.15) is 5.75 Å². The number of ether oxygens (including phenoxy) is 3. The van der Waals surface area contributed by atoms with Crippen LogP contribution in [0.5, 0.6) is 23.1 Å². The van der Waals surface area contributed by atoms with Crippen LogP contribution in [0.4, 0.5) is 14.9 Å². The van der Waals surface area contributed by atoms with Gasteiger partial charge in [-0.05, 0) is 18.2 Å². The molecule has 0 fully saturated rings. The quantitative estimate of drug-likeness (QED) is 0.845. The molecule has 0 radical (unpaired) electrons. The van der Waals surface area contributed by atoms with Crippen LogP contribution in [0, 0.1) is 5.95 Å². The second kappa shape index (κ2) is 5.16. The fourth-order valence-corrected chi connectivity index (χ4v) is 1.76. The molecule has 2 heterocycles. The molecule has 0 saturated carbocycles. The number of carbonyl (C=O) groups excluding carboxylic acids is 1. The summed E-state index contributed by atoms with van der Waals surface area (Å²) in [4.78, 5) is 14.2. The molecule has 1 aliphatic rings. The summed E-state index contributed by atoms with van der Waals surface area (Å²) in [5.74, 6) is 0.706. The zero-order chi connectivity index (χ0) is 14.8. The Morgan fingerprint density at radius 1 is 1.29 bits per heavy atom. The predicted molar refractivity (Wildman–Crippen MR) is 70.0 cm³/mol. The molecule has 3 N–H and O–H groups in total. The van der Waals surface area contributed by atoms with E-state index in [9.17, 15) is 9.18 Å². The van der Waals surface area contributed by atoms with E-state index in [4.69, 9.17) is 19.9 Å². The van der Waals surface area contributed by atoms with Crippen molar-refractivity contribution in [3.8, 4) is 23.1 Å². The molecule has 3 rings (SSSR count). The largest absolute Gasteiger partial charge is 0.454 e. The molecule has 0 aliphatic carbocycles. The highest BCUT2D eigenvalue weighted by Crippen LogP contribution is 2.36. The zero-order valence-electron chi connectivity index (χ0n) is 10.6. The van der Waals surface area contributed by atoms with E-state index in [1.165, 1.54) is 12.1 Å². The molecule has 2 amide bonds. The molecule has 1 aliphatic heterocycles. The molecule has 108 valence electrons. The van der Waals surface area contributed by atoms with Crippen molar-refractivity contribution in [3.63, 3.8) is 0 Å². The Labute approximate surface area is 118 Å². The van der Waals surface area contributed by atoms with Crippen LogP contribution in [-0.4, -0.2) is 17.8 Å². The number of hydrogen-bond acceptors (Lipinski definition) is 5. The number of anilines is 1. The summed E-state index contributed by atoms with van der Waals surface area (Å²) in [6.45, 7) is 0.152. The van der Waals surface area contributed by atoms with E-state index in [1.807, 2.05) is 0 Å². The molecule has 0 saturated heterocycles. The van der Waals surface area contributed by atoms with Gasteiger partial charge in [0.05, 0.1) is 5.69 Å². The number of pyridine rings is 1. The highest BCUT2D eigenvalue weighted by molar-refractivity contribution is 5.87. The number of urea groups is 1. The number of nitrogens with two attached hydrogens (primary N) is 1. The monoisotopic (exact) mass is 291 g/mol. The summed E-state index contributed by atoms with van der Waals surface area (Å²) in [7, 11) is 0. The van der Waals surface area contributed by atoms with Crippen LogP contribution in [0.2, 0.25) is 0 Å². The molecule has 7 nitrogen and oxygen atoms in total. The number of nitrogens with zero attached hydrogens (tertiary/aromatic N) is 1. The van der Waals surface area contributed by atoms with Gasteiger partial charge in [0.15, 0.2) is 11.5 Å². The van der Waals surface area contributed by atoms with E-state index in [1.54, 1.807) is 18.2 Å². The van der Waals surface area contributed by atoms with Crippen molar-refractivity contribution >= 4 is 11.7 Å². The van der Waals surface area contributed by atoms with Crippen molar-refractivity contribution in [2.45, 2.75) is 0 Å². The highest BCUT2D eigenvalue weighted by atomic mass is 19.1. The lowest BCUT2D eigenvalue weighted by Gasteiger charge is -2.07. The van der Waals surface area contributed by atoms with Crippen molar-refractivity contribution in [1.29, 1.82) is 0 Å². The van der Waals surface area contributed by atoms with Gasteiger partial charge >= 0.3 is 6.03 Å².